The van der Waals surface area contributed by atoms with Crippen molar-refractivity contribution in [2.75, 3.05) is 39.6 Å². The van der Waals surface area contributed by atoms with Gasteiger partial charge in [-0.3, -0.25) is 37.3 Å². The largest absolute Gasteiger partial charge is 0.472 e. The van der Waals surface area contributed by atoms with Crippen LogP contribution in [0.2, 0.25) is 0 Å². The summed E-state index contributed by atoms with van der Waals surface area (Å²) in [6.07, 6.45) is 73.9. The lowest BCUT2D eigenvalue weighted by Gasteiger charge is -2.21. The summed E-state index contributed by atoms with van der Waals surface area (Å²) in [4.78, 5) is 73.3. The van der Waals surface area contributed by atoms with E-state index in [2.05, 4.69) is 48.5 Å². The molecule has 0 aliphatic carbocycles. The first-order valence-corrected chi connectivity index (χ1v) is 49.9. The summed E-state index contributed by atoms with van der Waals surface area (Å²) in [5, 5.41) is 10.7. The SMILES string of the molecule is CCCCCCCCCCCCCCCCCCCCCCCC(=O)OC[C@H](COP(=O)(O)OC[C@@H](O)COP(=O)(O)OC[C@@H](COC(=O)CCCCCCCCC(C)C)OC(=O)CCCCCCCCCCCCCCCCCC(C)C)OC(=O)CCCCCCCCCCCCCCCCCCCCC(C)CC. The minimum atomic E-state index is -4.97. The number of ether oxygens (including phenoxy) is 4. The molecule has 6 atom stereocenters. The first kappa shape index (κ1) is 108. The minimum absolute atomic E-state index is 0.107. The summed E-state index contributed by atoms with van der Waals surface area (Å²) in [7, 11) is -9.93. The standard InChI is InChI=1S/C91H178O17P2/c1-8-10-11-12-13-14-15-16-17-18-19-20-21-25-30-35-40-45-50-58-65-72-88(93)101-78-86(107-90(95)74-67-60-51-46-41-36-31-26-23-22-24-29-34-39-44-49-57-64-71-84(7)9-2)80-105-109(97,98)103-76-85(92)77-104-110(99,100)106-81-87(79-102-89(94)73-66-59-54-53-56-63-70-83(5)6)108-91(96)75-68-61-52-47-42-37-32-27-28-33-38-43-48-55-62-69-82(3)4/h82-87,92H,8-81H2,1-7H3,(H,97,98)(H,99,100)/t84?,85-,86-,87-/m1/s1. The van der Waals surface area contributed by atoms with Gasteiger partial charge in [0.2, 0.25) is 0 Å². The summed E-state index contributed by atoms with van der Waals surface area (Å²) < 4.78 is 69.0. The van der Waals surface area contributed by atoms with E-state index in [4.69, 9.17) is 37.0 Å². The van der Waals surface area contributed by atoms with Crippen LogP contribution in [0.25, 0.3) is 0 Å². The smallest absolute Gasteiger partial charge is 0.462 e. The number of rotatable bonds is 89. The van der Waals surface area contributed by atoms with Gasteiger partial charge in [0.1, 0.15) is 19.3 Å². The van der Waals surface area contributed by atoms with Crippen molar-refractivity contribution in [3.8, 4) is 0 Å². The molecule has 0 aromatic heterocycles. The lowest BCUT2D eigenvalue weighted by molar-refractivity contribution is -0.161. The maximum absolute atomic E-state index is 13.2. The summed E-state index contributed by atoms with van der Waals surface area (Å²) in [5.41, 5.74) is 0. The van der Waals surface area contributed by atoms with Crippen LogP contribution < -0.4 is 0 Å². The Labute approximate surface area is 677 Å². The van der Waals surface area contributed by atoms with E-state index >= 15 is 0 Å². The van der Waals surface area contributed by atoms with Gasteiger partial charge in [0.25, 0.3) is 0 Å². The third kappa shape index (κ3) is 82.6. The van der Waals surface area contributed by atoms with Crippen molar-refractivity contribution in [3.05, 3.63) is 0 Å². The summed E-state index contributed by atoms with van der Waals surface area (Å²) in [5.74, 6) is 0.251. The Hall–Kier alpha value is -1.94. The lowest BCUT2D eigenvalue weighted by atomic mass is 9.99. The molecule has 17 nitrogen and oxygen atoms in total. The van der Waals surface area contributed by atoms with Gasteiger partial charge in [0.05, 0.1) is 26.4 Å². The summed E-state index contributed by atoms with van der Waals surface area (Å²) >= 11 is 0. The van der Waals surface area contributed by atoms with Gasteiger partial charge in [-0.15, -0.1) is 0 Å². The molecule has 19 heteroatoms. The van der Waals surface area contributed by atoms with Crippen LogP contribution in [0.4, 0.5) is 0 Å². The Kier molecular flexibility index (Phi) is 79.4. The van der Waals surface area contributed by atoms with Gasteiger partial charge in [-0.1, -0.05) is 434 Å². The normalized spacial score (nSPS) is 14.0. The zero-order valence-corrected chi connectivity index (χ0v) is 74.5. The van der Waals surface area contributed by atoms with E-state index < -0.39 is 97.5 Å². The third-order valence-corrected chi connectivity index (χ3v) is 23.6. The number of aliphatic hydroxyl groups is 1. The fourth-order valence-corrected chi connectivity index (χ4v) is 15.8. The second-order valence-electron chi connectivity index (χ2n) is 33.9. The average molecular weight is 1610 g/mol. The van der Waals surface area contributed by atoms with Gasteiger partial charge in [-0.05, 0) is 43.4 Å². The molecular formula is C91H178O17P2. The molecule has 0 amide bonds. The molecule has 3 N–H and O–H groups in total. The van der Waals surface area contributed by atoms with Crippen LogP contribution in [0, 0.1) is 17.8 Å². The molecule has 654 valence electrons. The van der Waals surface area contributed by atoms with Crippen molar-refractivity contribution >= 4 is 39.5 Å². The molecule has 0 aromatic rings. The number of hydrogen-bond donors (Lipinski definition) is 3. The predicted octanol–water partition coefficient (Wildman–Crippen LogP) is 28.0. The molecule has 0 saturated heterocycles. The Morgan fingerprint density at radius 2 is 0.464 bits per heavy atom. The van der Waals surface area contributed by atoms with Gasteiger partial charge in [-0.25, -0.2) is 9.13 Å². The van der Waals surface area contributed by atoms with Crippen LogP contribution in [0.3, 0.4) is 0 Å². The van der Waals surface area contributed by atoms with Crippen molar-refractivity contribution in [2.24, 2.45) is 17.8 Å². The van der Waals surface area contributed by atoms with Gasteiger partial charge in [-0.2, -0.15) is 0 Å². The number of esters is 4. The summed E-state index contributed by atoms with van der Waals surface area (Å²) in [6, 6.07) is 0. The van der Waals surface area contributed by atoms with Gasteiger partial charge < -0.3 is 33.8 Å². The Balaban J connectivity index is 5.20. The zero-order valence-electron chi connectivity index (χ0n) is 72.7. The number of carbonyl (C=O) groups excluding carboxylic acids is 4. The van der Waals surface area contributed by atoms with E-state index in [9.17, 15) is 43.2 Å². The van der Waals surface area contributed by atoms with E-state index in [1.807, 2.05) is 0 Å². The molecule has 0 radical (unpaired) electrons. The molecule has 0 saturated carbocycles. The molecule has 0 heterocycles. The number of hydrogen-bond acceptors (Lipinski definition) is 15. The Morgan fingerprint density at radius 3 is 0.691 bits per heavy atom. The zero-order chi connectivity index (χ0) is 80.8. The monoisotopic (exact) mass is 1610 g/mol. The number of aliphatic hydroxyl groups excluding tert-OH is 1. The second kappa shape index (κ2) is 80.8. The number of phosphoric acid groups is 2. The third-order valence-electron chi connectivity index (χ3n) is 21.7. The van der Waals surface area contributed by atoms with Crippen LogP contribution in [0.1, 0.15) is 485 Å². The average Bonchev–Trinajstić information content (AvgIpc) is 0.897. The molecule has 0 spiro atoms. The molecule has 0 bridgehead atoms. The van der Waals surface area contributed by atoms with E-state index in [-0.39, 0.29) is 25.7 Å². The van der Waals surface area contributed by atoms with Gasteiger partial charge in [0, 0.05) is 25.7 Å². The van der Waals surface area contributed by atoms with Crippen LogP contribution in [0.15, 0.2) is 0 Å². The van der Waals surface area contributed by atoms with E-state index in [0.29, 0.717) is 31.6 Å². The molecule has 0 fully saturated rings. The topological polar surface area (TPSA) is 237 Å². The van der Waals surface area contributed by atoms with Crippen LogP contribution in [-0.4, -0.2) is 96.7 Å². The van der Waals surface area contributed by atoms with Crippen molar-refractivity contribution in [1.29, 1.82) is 0 Å². The highest BCUT2D eigenvalue weighted by Gasteiger charge is 2.31. The van der Waals surface area contributed by atoms with E-state index in [1.54, 1.807) is 0 Å². The van der Waals surface area contributed by atoms with Crippen LogP contribution >= 0.6 is 15.6 Å². The number of phosphoric ester groups is 2. The number of unbranched alkanes of at least 4 members (excludes halogenated alkanes) is 56. The quantitative estimate of drug-likeness (QED) is 0.0222. The first-order chi connectivity index (χ1) is 53.3. The molecule has 3 unspecified atom stereocenters. The Morgan fingerprint density at radius 1 is 0.264 bits per heavy atom. The molecule has 0 rings (SSSR count). The molecule has 0 aliphatic heterocycles. The van der Waals surface area contributed by atoms with Crippen molar-refractivity contribution in [1.82, 2.24) is 0 Å². The van der Waals surface area contributed by atoms with Gasteiger partial charge in [0.15, 0.2) is 12.2 Å². The fourth-order valence-electron chi connectivity index (χ4n) is 14.2. The van der Waals surface area contributed by atoms with Crippen molar-refractivity contribution < 1.29 is 80.2 Å². The van der Waals surface area contributed by atoms with Crippen LogP contribution in [-0.2, 0) is 65.4 Å². The lowest BCUT2D eigenvalue weighted by Crippen LogP contribution is -2.30. The van der Waals surface area contributed by atoms with E-state index in [0.717, 1.165) is 108 Å². The van der Waals surface area contributed by atoms with Gasteiger partial charge >= 0.3 is 39.5 Å². The maximum Gasteiger partial charge on any atom is 0.472 e. The number of carbonyl (C=O) groups is 4. The second-order valence-corrected chi connectivity index (χ2v) is 36.8. The Bertz CT molecular complexity index is 2120. The molecule has 110 heavy (non-hydrogen) atoms. The van der Waals surface area contributed by atoms with Crippen molar-refractivity contribution in [3.63, 3.8) is 0 Å². The molecule has 0 aromatic carbocycles. The fraction of sp³-hybridized carbons (Fsp3) is 0.956. The molecule has 0 aliphatic rings. The summed E-state index contributed by atoms with van der Waals surface area (Å²) in [6.45, 7) is 12.0. The molecular weight excluding hydrogens is 1430 g/mol. The van der Waals surface area contributed by atoms with Crippen molar-refractivity contribution in [2.45, 2.75) is 503 Å². The van der Waals surface area contributed by atoms with Crippen LogP contribution in [0.5, 0.6) is 0 Å². The highest BCUT2D eigenvalue weighted by atomic mass is 31.2. The highest BCUT2D eigenvalue weighted by molar-refractivity contribution is 7.47. The highest BCUT2D eigenvalue weighted by Crippen LogP contribution is 2.45. The maximum atomic E-state index is 13.2. The minimum Gasteiger partial charge on any atom is -0.462 e. The van der Waals surface area contributed by atoms with E-state index in [1.165, 1.54) is 289 Å². The first-order valence-electron chi connectivity index (χ1n) is 46.9. The predicted molar refractivity (Wildman–Crippen MR) is 455 cm³/mol.